The zero-order chi connectivity index (χ0) is 21.9. The Kier molecular flexibility index (Phi) is 5.43. The Morgan fingerprint density at radius 1 is 1.11 bits per heavy atom. The van der Waals surface area contributed by atoms with Crippen LogP contribution in [-0.2, 0) is 14.3 Å². The van der Waals surface area contributed by atoms with Gasteiger partial charge in [-0.25, -0.2) is 4.79 Å². The monoisotopic (exact) mass is 418 g/mol. The van der Waals surface area contributed by atoms with E-state index >= 15 is 0 Å². The number of carbonyl (C=O) groups excluding carboxylic acids is 1. The molecule has 0 aromatic carbocycles. The second-order valence-electron chi connectivity index (χ2n) is 8.49. The van der Waals surface area contributed by atoms with E-state index in [1.165, 1.54) is 13.8 Å². The molecule has 0 amide bonds. The number of ether oxygens (including phenoxy) is 2. The third-order valence-electron chi connectivity index (χ3n) is 5.95. The number of hydrogen-bond acceptors (Lipinski definition) is 4. The van der Waals surface area contributed by atoms with Gasteiger partial charge in [0, 0.05) is 5.57 Å². The highest BCUT2D eigenvalue weighted by atomic mass is 19.4. The van der Waals surface area contributed by atoms with Gasteiger partial charge in [0.1, 0.15) is 11.7 Å². The number of rotatable bonds is 5. The molecule has 4 unspecified atom stereocenters. The summed E-state index contributed by atoms with van der Waals surface area (Å²) < 4.78 is 90.2. The van der Waals surface area contributed by atoms with Gasteiger partial charge in [0.15, 0.2) is 0 Å². The summed E-state index contributed by atoms with van der Waals surface area (Å²) >= 11 is 0. The fourth-order valence-corrected chi connectivity index (χ4v) is 4.49. The summed E-state index contributed by atoms with van der Waals surface area (Å²) in [5, 5.41) is 9.74. The molecule has 2 aliphatic carbocycles. The zero-order valence-corrected chi connectivity index (χ0v) is 16.0. The lowest BCUT2D eigenvalue weighted by molar-refractivity contribution is -0.422. The lowest BCUT2D eigenvalue weighted by atomic mass is 9.79. The molecule has 2 saturated carbocycles. The highest BCUT2D eigenvalue weighted by Crippen LogP contribution is 2.58. The summed E-state index contributed by atoms with van der Waals surface area (Å²) in [5.41, 5.74) is -9.16. The largest absolute Gasteiger partial charge is 0.459 e. The minimum Gasteiger partial charge on any atom is -0.459 e. The van der Waals surface area contributed by atoms with Crippen LogP contribution in [0.5, 0.6) is 0 Å². The van der Waals surface area contributed by atoms with Crippen LogP contribution < -0.4 is 0 Å². The first-order chi connectivity index (χ1) is 12.4. The molecule has 0 saturated heterocycles. The van der Waals surface area contributed by atoms with Gasteiger partial charge in [0.25, 0.3) is 5.60 Å². The number of alkyl halides is 6. The van der Waals surface area contributed by atoms with Crippen LogP contribution in [0.2, 0.25) is 0 Å². The van der Waals surface area contributed by atoms with Gasteiger partial charge < -0.3 is 14.6 Å². The predicted molar refractivity (Wildman–Crippen MR) is 86.2 cm³/mol. The van der Waals surface area contributed by atoms with Crippen molar-refractivity contribution in [2.75, 3.05) is 0 Å². The summed E-state index contributed by atoms with van der Waals surface area (Å²) in [6, 6.07) is 0. The van der Waals surface area contributed by atoms with Crippen LogP contribution in [0.3, 0.4) is 0 Å². The zero-order valence-electron chi connectivity index (χ0n) is 16.0. The number of carbonyl (C=O) groups is 1. The van der Waals surface area contributed by atoms with Gasteiger partial charge in [-0.15, -0.1) is 0 Å². The molecule has 4 nitrogen and oxygen atoms in total. The molecule has 2 fully saturated rings. The molecule has 162 valence electrons. The Hall–Kier alpha value is -1.29. The molecule has 0 aromatic rings. The SMILES string of the molecule is C=C(C)C(=O)OC1CC2CC1CC2(C)OC(C)(C)C(O)(C(F)(F)F)C(F)(F)F. The molecular weight excluding hydrogens is 394 g/mol. The van der Waals surface area contributed by atoms with E-state index in [1.807, 2.05) is 0 Å². The van der Waals surface area contributed by atoms with Crippen molar-refractivity contribution in [1.82, 2.24) is 0 Å². The smallest absolute Gasteiger partial charge is 0.429 e. The summed E-state index contributed by atoms with van der Waals surface area (Å²) in [6.07, 6.45) is -11.6. The molecule has 4 atom stereocenters. The van der Waals surface area contributed by atoms with Crippen molar-refractivity contribution >= 4 is 5.97 Å². The van der Waals surface area contributed by atoms with Gasteiger partial charge in [-0.05, 0) is 58.8 Å². The molecule has 0 radical (unpaired) electrons. The van der Waals surface area contributed by atoms with Gasteiger partial charge >= 0.3 is 18.3 Å². The van der Waals surface area contributed by atoms with E-state index in [0.29, 0.717) is 20.3 Å². The molecular formula is C18H24F6O4. The van der Waals surface area contributed by atoms with Gasteiger partial charge in [0.2, 0.25) is 0 Å². The first kappa shape index (κ1) is 23.0. The molecule has 0 aliphatic heterocycles. The summed E-state index contributed by atoms with van der Waals surface area (Å²) in [6.45, 7) is 7.55. The van der Waals surface area contributed by atoms with Crippen LogP contribution in [0.15, 0.2) is 12.2 Å². The minimum atomic E-state index is -5.98. The van der Waals surface area contributed by atoms with E-state index in [2.05, 4.69) is 6.58 Å². The Balaban J connectivity index is 2.22. The summed E-state index contributed by atoms with van der Waals surface area (Å²) in [4.78, 5) is 11.7. The van der Waals surface area contributed by atoms with E-state index in [0.717, 1.165) is 0 Å². The Labute approximate surface area is 158 Å². The van der Waals surface area contributed by atoms with E-state index in [9.17, 15) is 36.2 Å². The molecule has 0 aromatic heterocycles. The summed E-state index contributed by atoms with van der Waals surface area (Å²) in [5.74, 6) is -1.26. The average Bonchev–Trinajstić information content (AvgIpc) is 2.99. The Morgan fingerprint density at radius 3 is 1.96 bits per heavy atom. The van der Waals surface area contributed by atoms with Crippen LogP contribution in [0, 0.1) is 11.8 Å². The molecule has 0 spiro atoms. The average molecular weight is 418 g/mol. The van der Waals surface area contributed by atoms with E-state index in [4.69, 9.17) is 9.47 Å². The number of hydrogen-bond donors (Lipinski definition) is 1. The standard InChI is InChI=1S/C18H24F6O4/c1-9(2)13(25)27-12-7-11-6-10(12)8-15(11,5)28-14(3,4)16(26,17(19,20)21)18(22,23)24/h10-12,26H,1,6-8H2,2-5H3. The molecule has 10 heteroatoms. The number of aliphatic hydroxyl groups is 1. The molecule has 28 heavy (non-hydrogen) atoms. The molecule has 2 bridgehead atoms. The van der Waals surface area contributed by atoms with Gasteiger partial charge in [0.05, 0.1) is 5.60 Å². The maximum absolute atomic E-state index is 13.2. The van der Waals surface area contributed by atoms with Crippen LogP contribution in [-0.4, -0.2) is 46.3 Å². The van der Waals surface area contributed by atoms with Gasteiger partial charge in [-0.2, -0.15) is 26.3 Å². The van der Waals surface area contributed by atoms with Crippen LogP contribution in [0.4, 0.5) is 26.3 Å². The molecule has 2 rings (SSSR count). The van der Waals surface area contributed by atoms with Crippen molar-refractivity contribution in [1.29, 1.82) is 0 Å². The first-order valence-corrected chi connectivity index (χ1v) is 8.78. The van der Waals surface area contributed by atoms with Crippen LogP contribution in [0.1, 0.15) is 47.0 Å². The maximum Gasteiger partial charge on any atom is 0.429 e. The topological polar surface area (TPSA) is 55.8 Å². The highest BCUT2D eigenvalue weighted by Gasteiger charge is 2.78. The quantitative estimate of drug-likeness (QED) is 0.411. The Morgan fingerprint density at radius 2 is 1.61 bits per heavy atom. The second kappa shape index (κ2) is 6.62. The fraction of sp³-hybridized carbons (Fsp3) is 0.833. The third-order valence-corrected chi connectivity index (χ3v) is 5.95. The fourth-order valence-electron chi connectivity index (χ4n) is 4.49. The highest BCUT2D eigenvalue weighted by molar-refractivity contribution is 5.87. The van der Waals surface area contributed by atoms with Crippen molar-refractivity contribution in [3.05, 3.63) is 12.2 Å². The number of fused-ring (bicyclic) bond motifs is 2. The van der Waals surface area contributed by atoms with E-state index in [-0.39, 0.29) is 24.3 Å². The van der Waals surface area contributed by atoms with Gasteiger partial charge in [-0.3, -0.25) is 0 Å². The van der Waals surface area contributed by atoms with Gasteiger partial charge in [-0.1, -0.05) is 6.58 Å². The third kappa shape index (κ3) is 3.53. The first-order valence-electron chi connectivity index (χ1n) is 8.78. The van der Waals surface area contributed by atoms with E-state index in [1.54, 1.807) is 0 Å². The maximum atomic E-state index is 13.2. The van der Waals surface area contributed by atoms with Crippen molar-refractivity contribution in [2.45, 2.75) is 82.2 Å². The summed E-state index contributed by atoms with van der Waals surface area (Å²) in [7, 11) is 0. The van der Waals surface area contributed by atoms with Crippen molar-refractivity contribution in [3.8, 4) is 0 Å². The van der Waals surface area contributed by atoms with Crippen LogP contribution >= 0.6 is 0 Å². The minimum absolute atomic E-state index is 0.112. The lowest BCUT2D eigenvalue weighted by Gasteiger charge is -2.49. The Bertz CT molecular complexity index is 639. The second-order valence-corrected chi connectivity index (χ2v) is 8.49. The van der Waals surface area contributed by atoms with Crippen LogP contribution in [0.25, 0.3) is 0 Å². The molecule has 0 heterocycles. The van der Waals surface area contributed by atoms with Crippen molar-refractivity contribution in [2.24, 2.45) is 11.8 Å². The number of halogens is 6. The molecule has 1 N–H and O–H groups in total. The van der Waals surface area contributed by atoms with E-state index < -0.39 is 47.1 Å². The predicted octanol–water partition coefficient (Wildman–Crippen LogP) is 4.31. The van der Waals surface area contributed by atoms with Crippen molar-refractivity contribution < 1.29 is 45.7 Å². The normalized spacial score (nSPS) is 31.2. The lowest BCUT2D eigenvalue weighted by Crippen LogP contribution is -2.71. The number of esters is 1. The molecule has 2 aliphatic rings. The van der Waals surface area contributed by atoms with Crippen molar-refractivity contribution in [3.63, 3.8) is 0 Å².